The van der Waals surface area contributed by atoms with Gasteiger partial charge in [0.2, 0.25) is 0 Å². The minimum Gasteiger partial charge on any atom is -0.378 e. The molecule has 2 aromatic rings. The van der Waals surface area contributed by atoms with Gasteiger partial charge in [0.05, 0.1) is 43.4 Å². The summed E-state index contributed by atoms with van der Waals surface area (Å²) in [5.41, 5.74) is 2.16. The van der Waals surface area contributed by atoms with Gasteiger partial charge in [0.25, 0.3) is 11.5 Å². The number of rotatable bonds is 3. The molecule has 8 nitrogen and oxygen atoms in total. The first-order valence-corrected chi connectivity index (χ1v) is 10.0. The van der Waals surface area contributed by atoms with E-state index < -0.39 is 0 Å². The van der Waals surface area contributed by atoms with Gasteiger partial charge in [-0.1, -0.05) is 0 Å². The van der Waals surface area contributed by atoms with Gasteiger partial charge < -0.3 is 14.2 Å². The van der Waals surface area contributed by atoms with Crippen LogP contribution in [-0.4, -0.2) is 75.2 Å². The highest BCUT2D eigenvalue weighted by Crippen LogP contribution is 2.20. The number of carbonyl (C=O) groups is 1. The van der Waals surface area contributed by atoms with Crippen molar-refractivity contribution < 1.29 is 9.53 Å². The predicted octanol–water partition coefficient (Wildman–Crippen LogP) is 0.849. The van der Waals surface area contributed by atoms with Crippen LogP contribution in [0, 0.1) is 13.8 Å². The predicted molar refractivity (Wildman–Crippen MR) is 108 cm³/mol. The lowest BCUT2D eigenvalue weighted by molar-refractivity contribution is -0.0700. The fraction of sp³-hybridized carbons (Fsp3) is 0.524. The number of fused-ring (bicyclic) bond motifs is 1. The molecule has 2 fully saturated rings. The average Bonchev–Trinajstić information content (AvgIpc) is 2.71. The molecule has 4 heterocycles. The molecule has 154 valence electrons. The summed E-state index contributed by atoms with van der Waals surface area (Å²) < 4.78 is 7.20. The molecule has 2 saturated heterocycles. The Bertz CT molecular complexity index is 956. The van der Waals surface area contributed by atoms with Gasteiger partial charge in [-0.25, -0.2) is 0 Å². The maximum Gasteiger partial charge on any atom is 0.264 e. The lowest BCUT2D eigenvalue weighted by Crippen LogP contribution is -2.62. The van der Waals surface area contributed by atoms with Crippen LogP contribution in [-0.2, 0) is 11.3 Å². The third kappa shape index (κ3) is 3.95. The number of carbonyl (C=O) groups excluding carboxylic acids is 1. The fourth-order valence-electron chi connectivity index (χ4n) is 4.14. The topological polar surface area (TPSA) is 80.6 Å². The number of pyridine rings is 1. The minimum atomic E-state index is -0.284. The van der Waals surface area contributed by atoms with Gasteiger partial charge in [-0.15, -0.1) is 0 Å². The van der Waals surface area contributed by atoms with Crippen LogP contribution in [0.2, 0.25) is 0 Å². The molecule has 2 aliphatic heterocycles. The summed E-state index contributed by atoms with van der Waals surface area (Å²) >= 11 is 0. The van der Waals surface area contributed by atoms with Crippen molar-refractivity contribution in [1.82, 2.24) is 24.3 Å². The number of hydrogen-bond acceptors (Lipinski definition) is 6. The minimum absolute atomic E-state index is 0.186. The molecule has 0 unspecified atom stereocenters. The average molecular weight is 397 g/mol. The van der Waals surface area contributed by atoms with Crippen molar-refractivity contribution in [2.24, 2.45) is 0 Å². The molecule has 2 atom stereocenters. The Balaban J connectivity index is 1.57. The zero-order valence-electron chi connectivity index (χ0n) is 17.2. The number of hydrogen-bond donors (Lipinski definition) is 0. The van der Waals surface area contributed by atoms with E-state index >= 15 is 0 Å². The molecule has 0 aliphatic carbocycles. The number of ether oxygens (including phenoxy) is 1. The molecule has 0 radical (unpaired) electrons. The van der Waals surface area contributed by atoms with Gasteiger partial charge in [-0.2, -0.15) is 0 Å². The lowest BCUT2D eigenvalue weighted by Gasteiger charge is -2.47. The maximum atomic E-state index is 13.3. The lowest BCUT2D eigenvalue weighted by atomic mass is 10.1. The molecular weight excluding hydrogens is 370 g/mol. The van der Waals surface area contributed by atoms with Gasteiger partial charge >= 0.3 is 0 Å². The molecule has 0 N–H and O–H groups in total. The standard InChI is InChI=1S/C21H27N5O3/c1-14-4-5-24(10-17-9-22-15(2)8-23-17)20(27)19(14)21(28)25-6-7-26-16(3)12-29-13-18(26)11-25/h4-5,8-9,16,18H,6-7,10-13H2,1-3H3/t16-,18+/m0/s1. The molecule has 0 bridgehead atoms. The first-order valence-electron chi connectivity index (χ1n) is 10.0. The van der Waals surface area contributed by atoms with Crippen molar-refractivity contribution in [2.75, 3.05) is 32.8 Å². The second-order valence-electron chi connectivity index (χ2n) is 7.99. The highest BCUT2D eigenvalue weighted by atomic mass is 16.5. The fourth-order valence-corrected chi connectivity index (χ4v) is 4.14. The first-order chi connectivity index (χ1) is 13.9. The van der Waals surface area contributed by atoms with Crippen molar-refractivity contribution in [2.45, 2.75) is 39.4 Å². The maximum absolute atomic E-state index is 13.3. The summed E-state index contributed by atoms with van der Waals surface area (Å²) in [4.78, 5) is 39.1. The number of nitrogens with zero attached hydrogens (tertiary/aromatic N) is 5. The molecule has 2 aromatic heterocycles. The Morgan fingerprint density at radius 3 is 2.79 bits per heavy atom. The van der Waals surface area contributed by atoms with E-state index in [0.29, 0.717) is 37.0 Å². The van der Waals surface area contributed by atoms with E-state index in [-0.39, 0.29) is 29.6 Å². The van der Waals surface area contributed by atoms with Crippen molar-refractivity contribution in [3.05, 3.63) is 57.5 Å². The van der Waals surface area contributed by atoms with Crippen molar-refractivity contribution in [3.63, 3.8) is 0 Å². The third-order valence-electron chi connectivity index (χ3n) is 5.81. The van der Waals surface area contributed by atoms with Gasteiger partial charge in [-0.3, -0.25) is 24.5 Å². The Hall–Kier alpha value is -2.58. The van der Waals surface area contributed by atoms with Crippen LogP contribution in [0.4, 0.5) is 0 Å². The van der Waals surface area contributed by atoms with Crippen LogP contribution in [0.3, 0.4) is 0 Å². The molecule has 29 heavy (non-hydrogen) atoms. The van der Waals surface area contributed by atoms with E-state index in [9.17, 15) is 9.59 Å². The van der Waals surface area contributed by atoms with Crippen LogP contribution in [0.1, 0.15) is 34.2 Å². The van der Waals surface area contributed by atoms with Crippen molar-refractivity contribution >= 4 is 5.91 Å². The molecule has 0 aromatic carbocycles. The summed E-state index contributed by atoms with van der Waals surface area (Å²) in [6.07, 6.45) is 5.05. The second kappa shape index (κ2) is 8.04. The highest BCUT2D eigenvalue weighted by molar-refractivity contribution is 5.95. The molecule has 1 amide bonds. The largest absolute Gasteiger partial charge is 0.378 e. The van der Waals surface area contributed by atoms with Crippen LogP contribution in [0.5, 0.6) is 0 Å². The summed E-state index contributed by atoms with van der Waals surface area (Å²) in [5.74, 6) is -0.199. The highest BCUT2D eigenvalue weighted by Gasteiger charge is 2.36. The molecule has 0 spiro atoms. The van der Waals surface area contributed by atoms with Crippen LogP contribution < -0.4 is 5.56 Å². The third-order valence-corrected chi connectivity index (χ3v) is 5.81. The van der Waals surface area contributed by atoms with E-state index in [1.807, 2.05) is 19.9 Å². The summed E-state index contributed by atoms with van der Waals surface area (Å²) in [5, 5.41) is 0. The van der Waals surface area contributed by atoms with Crippen LogP contribution in [0.15, 0.2) is 29.5 Å². The first kappa shape index (κ1) is 19.7. The zero-order chi connectivity index (χ0) is 20.5. The normalized spacial score (nSPS) is 22.4. The Labute approximate surface area is 170 Å². The van der Waals surface area contributed by atoms with E-state index in [0.717, 1.165) is 18.8 Å². The van der Waals surface area contributed by atoms with E-state index in [1.165, 1.54) is 4.57 Å². The molecule has 4 rings (SSSR count). The van der Waals surface area contributed by atoms with Crippen LogP contribution in [0.25, 0.3) is 0 Å². The second-order valence-corrected chi connectivity index (χ2v) is 7.99. The monoisotopic (exact) mass is 397 g/mol. The number of amides is 1. The van der Waals surface area contributed by atoms with Crippen LogP contribution >= 0.6 is 0 Å². The molecule has 0 saturated carbocycles. The van der Waals surface area contributed by atoms with Gasteiger partial charge in [-0.05, 0) is 32.4 Å². The number of piperazine rings is 1. The number of aromatic nitrogens is 3. The van der Waals surface area contributed by atoms with Gasteiger partial charge in [0.1, 0.15) is 5.56 Å². The molecule has 2 aliphatic rings. The van der Waals surface area contributed by atoms with E-state index in [2.05, 4.69) is 21.8 Å². The molecule has 8 heteroatoms. The Morgan fingerprint density at radius 1 is 1.21 bits per heavy atom. The zero-order valence-corrected chi connectivity index (χ0v) is 17.2. The van der Waals surface area contributed by atoms with Crippen molar-refractivity contribution in [1.29, 1.82) is 0 Å². The summed E-state index contributed by atoms with van der Waals surface area (Å²) in [7, 11) is 0. The van der Waals surface area contributed by atoms with Gasteiger partial charge in [0, 0.05) is 38.1 Å². The number of morpholine rings is 1. The van der Waals surface area contributed by atoms with E-state index in [4.69, 9.17) is 4.74 Å². The van der Waals surface area contributed by atoms with E-state index in [1.54, 1.807) is 23.5 Å². The molecular formula is C21H27N5O3. The summed E-state index contributed by atoms with van der Waals surface area (Å²) in [6.45, 7) is 9.48. The number of aryl methyl sites for hydroxylation is 2. The summed E-state index contributed by atoms with van der Waals surface area (Å²) in [6, 6.07) is 2.36. The Kier molecular flexibility index (Phi) is 5.47. The van der Waals surface area contributed by atoms with Gasteiger partial charge in [0.15, 0.2) is 0 Å². The van der Waals surface area contributed by atoms with Crippen molar-refractivity contribution in [3.8, 4) is 0 Å². The quantitative estimate of drug-likeness (QED) is 0.764. The smallest absolute Gasteiger partial charge is 0.264 e. The SMILES string of the molecule is Cc1cnc(Cn2ccc(C)c(C(=O)N3CCN4[C@@H](COC[C@@H]4C)C3)c2=O)cn1. The Morgan fingerprint density at radius 2 is 2.03 bits per heavy atom.